The Morgan fingerprint density at radius 1 is 0.962 bits per heavy atom. The Morgan fingerprint density at radius 2 is 1.77 bits per heavy atom. The summed E-state index contributed by atoms with van der Waals surface area (Å²) in [5.41, 5.74) is 5.12. The van der Waals surface area contributed by atoms with Crippen molar-refractivity contribution in [3.05, 3.63) is 54.4 Å². The van der Waals surface area contributed by atoms with E-state index in [-0.39, 0.29) is 0 Å². The number of fused-ring (bicyclic) bond motifs is 3. The first kappa shape index (κ1) is 17.0. The van der Waals surface area contributed by atoms with E-state index < -0.39 is 8.07 Å². The number of pyridine rings is 2. The summed E-state index contributed by atoms with van der Waals surface area (Å²) in [6.07, 6.45) is 3.87. The predicted molar refractivity (Wildman–Crippen MR) is 112 cm³/mol. The van der Waals surface area contributed by atoms with Crippen LogP contribution in [0.4, 0.5) is 0 Å². The Balaban J connectivity index is 1.89. The standard InChI is InChI=1S/C22H24N2OSi/c1-14(2)17-12-19(24-13-21(17)26(3,4)5)15-8-9-20-18(11-15)16-7-6-10-23-22(16)25-20/h6-14H,1-5H3. The van der Waals surface area contributed by atoms with Crippen LogP contribution in [-0.2, 0) is 0 Å². The van der Waals surface area contributed by atoms with Crippen LogP contribution >= 0.6 is 0 Å². The molecule has 132 valence electrons. The van der Waals surface area contributed by atoms with Crippen LogP contribution in [0, 0.1) is 0 Å². The van der Waals surface area contributed by atoms with E-state index in [0.29, 0.717) is 11.6 Å². The molecule has 0 radical (unpaired) electrons. The third-order valence-electron chi connectivity index (χ3n) is 4.91. The van der Waals surface area contributed by atoms with Crippen LogP contribution in [0.1, 0.15) is 25.3 Å². The molecule has 0 bridgehead atoms. The number of benzene rings is 1. The van der Waals surface area contributed by atoms with Gasteiger partial charge in [-0.1, -0.05) is 33.5 Å². The highest BCUT2D eigenvalue weighted by atomic mass is 28.3. The number of rotatable bonds is 3. The predicted octanol–water partition coefficient (Wildman–Crippen LogP) is 5.71. The van der Waals surface area contributed by atoms with Gasteiger partial charge in [0.1, 0.15) is 5.58 Å². The number of furan rings is 1. The highest BCUT2D eigenvalue weighted by molar-refractivity contribution is 6.89. The molecule has 0 aliphatic carbocycles. The van der Waals surface area contributed by atoms with E-state index in [0.717, 1.165) is 27.6 Å². The molecule has 0 aliphatic rings. The average Bonchev–Trinajstić information content (AvgIpc) is 2.98. The number of hydrogen-bond acceptors (Lipinski definition) is 3. The van der Waals surface area contributed by atoms with Gasteiger partial charge in [-0.05, 0) is 53.1 Å². The van der Waals surface area contributed by atoms with E-state index in [1.165, 1.54) is 10.8 Å². The quantitative estimate of drug-likeness (QED) is 0.439. The van der Waals surface area contributed by atoms with Gasteiger partial charge in [-0.25, -0.2) is 4.98 Å². The molecular weight excluding hydrogens is 336 g/mol. The topological polar surface area (TPSA) is 38.9 Å². The van der Waals surface area contributed by atoms with Crippen molar-refractivity contribution in [2.45, 2.75) is 39.4 Å². The molecule has 0 saturated carbocycles. The molecule has 0 fully saturated rings. The van der Waals surface area contributed by atoms with Gasteiger partial charge in [-0.2, -0.15) is 0 Å². The first-order valence-electron chi connectivity index (χ1n) is 9.12. The van der Waals surface area contributed by atoms with Crippen molar-refractivity contribution in [2.75, 3.05) is 0 Å². The maximum atomic E-state index is 5.84. The Bertz CT molecular complexity index is 1110. The van der Waals surface area contributed by atoms with Gasteiger partial charge >= 0.3 is 0 Å². The van der Waals surface area contributed by atoms with Crippen LogP contribution in [0.3, 0.4) is 0 Å². The minimum absolute atomic E-state index is 0.487. The molecule has 0 amide bonds. The number of hydrogen-bond donors (Lipinski definition) is 0. The van der Waals surface area contributed by atoms with Crippen LogP contribution in [0.25, 0.3) is 33.3 Å². The summed E-state index contributed by atoms with van der Waals surface area (Å²) >= 11 is 0. The zero-order chi connectivity index (χ0) is 18.5. The maximum Gasteiger partial charge on any atom is 0.227 e. The average molecular weight is 361 g/mol. The van der Waals surface area contributed by atoms with Gasteiger partial charge < -0.3 is 4.42 Å². The molecule has 0 spiro atoms. The minimum Gasteiger partial charge on any atom is -0.438 e. The molecule has 4 rings (SSSR count). The SMILES string of the molecule is CC(C)c1cc(-c2ccc3oc4ncccc4c3c2)ncc1[Si](C)(C)C. The molecular formula is C22H24N2OSi. The Morgan fingerprint density at radius 3 is 2.50 bits per heavy atom. The van der Waals surface area contributed by atoms with Gasteiger partial charge in [-0.15, -0.1) is 0 Å². The monoisotopic (exact) mass is 360 g/mol. The molecule has 3 aromatic heterocycles. The fourth-order valence-corrected chi connectivity index (χ4v) is 5.18. The number of nitrogens with zero attached hydrogens (tertiary/aromatic N) is 2. The summed E-state index contributed by atoms with van der Waals surface area (Å²) < 4.78 is 5.84. The molecule has 0 unspecified atom stereocenters. The fraction of sp³-hybridized carbons (Fsp3) is 0.273. The van der Waals surface area contributed by atoms with Crippen LogP contribution in [0.5, 0.6) is 0 Å². The molecule has 0 aliphatic heterocycles. The normalized spacial score (nSPS) is 12.4. The Kier molecular flexibility index (Phi) is 3.96. The summed E-state index contributed by atoms with van der Waals surface area (Å²) in [6.45, 7) is 11.7. The van der Waals surface area contributed by atoms with Crippen molar-refractivity contribution in [3.8, 4) is 11.3 Å². The van der Waals surface area contributed by atoms with E-state index in [1.807, 2.05) is 12.1 Å². The van der Waals surface area contributed by atoms with Crippen LogP contribution in [0.2, 0.25) is 19.6 Å². The lowest BCUT2D eigenvalue weighted by Gasteiger charge is -2.23. The third kappa shape index (κ3) is 2.84. The smallest absolute Gasteiger partial charge is 0.227 e. The highest BCUT2D eigenvalue weighted by Crippen LogP contribution is 2.31. The Labute approximate surface area is 155 Å². The van der Waals surface area contributed by atoms with Crippen molar-refractivity contribution in [2.24, 2.45) is 0 Å². The van der Waals surface area contributed by atoms with E-state index in [2.05, 4.69) is 68.9 Å². The maximum absolute atomic E-state index is 5.84. The van der Waals surface area contributed by atoms with Gasteiger partial charge in [0.25, 0.3) is 0 Å². The van der Waals surface area contributed by atoms with Crippen molar-refractivity contribution in [1.82, 2.24) is 9.97 Å². The first-order valence-corrected chi connectivity index (χ1v) is 12.6. The van der Waals surface area contributed by atoms with Crippen molar-refractivity contribution in [1.29, 1.82) is 0 Å². The molecule has 3 heterocycles. The molecule has 1 aromatic carbocycles. The zero-order valence-electron chi connectivity index (χ0n) is 16.0. The lowest BCUT2D eigenvalue weighted by molar-refractivity contribution is 0.654. The lowest BCUT2D eigenvalue weighted by Crippen LogP contribution is -2.40. The van der Waals surface area contributed by atoms with Gasteiger partial charge in [0.2, 0.25) is 5.71 Å². The molecule has 0 atom stereocenters. The van der Waals surface area contributed by atoms with Gasteiger partial charge in [0.05, 0.1) is 13.8 Å². The fourth-order valence-electron chi connectivity index (χ4n) is 3.50. The zero-order valence-corrected chi connectivity index (χ0v) is 17.0. The van der Waals surface area contributed by atoms with Crippen molar-refractivity contribution in [3.63, 3.8) is 0 Å². The second-order valence-corrected chi connectivity index (χ2v) is 13.3. The Hall–Kier alpha value is -2.46. The molecule has 26 heavy (non-hydrogen) atoms. The molecule has 0 N–H and O–H groups in total. The summed E-state index contributed by atoms with van der Waals surface area (Å²) in [6, 6.07) is 12.6. The summed E-state index contributed by atoms with van der Waals surface area (Å²) in [5, 5.41) is 3.59. The van der Waals surface area contributed by atoms with Crippen LogP contribution < -0.4 is 5.19 Å². The van der Waals surface area contributed by atoms with Crippen LogP contribution in [-0.4, -0.2) is 18.0 Å². The second-order valence-electron chi connectivity index (χ2n) is 8.23. The largest absolute Gasteiger partial charge is 0.438 e. The van der Waals surface area contributed by atoms with Crippen LogP contribution in [0.15, 0.2) is 53.2 Å². The molecule has 3 nitrogen and oxygen atoms in total. The van der Waals surface area contributed by atoms with E-state index in [4.69, 9.17) is 9.40 Å². The van der Waals surface area contributed by atoms with Gasteiger partial charge in [0.15, 0.2) is 0 Å². The van der Waals surface area contributed by atoms with E-state index in [9.17, 15) is 0 Å². The van der Waals surface area contributed by atoms with E-state index >= 15 is 0 Å². The lowest BCUT2D eigenvalue weighted by atomic mass is 10.0. The minimum atomic E-state index is -1.42. The summed E-state index contributed by atoms with van der Waals surface area (Å²) in [5.74, 6) is 0.487. The molecule has 0 saturated heterocycles. The third-order valence-corrected chi connectivity index (χ3v) is 6.94. The summed E-state index contributed by atoms with van der Waals surface area (Å²) in [7, 11) is -1.42. The summed E-state index contributed by atoms with van der Waals surface area (Å²) in [4.78, 5) is 9.14. The second kappa shape index (κ2) is 6.06. The molecule has 4 heteroatoms. The number of aromatic nitrogens is 2. The van der Waals surface area contributed by atoms with Gasteiger partial charge in [0, 0.05) is 28.7 Å². The highest BCUT2D eigenvalue weighted by Gasteiger charge is 2.22. The molecule has 4 aromatic rings. The van der Waals surface area contributed by atoms with Crippen molar-refractivity contribution >= 4 is 35.3 Å². The van der Waals surface area contributed by atoms with Crippen molar-refractivity contribution < 1.29 is 4.42 Å². The van der Waals surface area contributed by atoms with E-state index in [1.54, 1.807) is 6.20 Å². The first-order chi connectivity index (χ1) is 12.3. The van der Waals surface area contributed by atoms with Gasteiger partial charge in [-0.3, -0.25) is 4.98 Å².